The summed E-state index contributed by atoms with van der Waals surface area (Å²) in [6.45, 7) is 5.09. The van der Waals surface area contributed by atoms with Crippen LogP contribution >= 0.6 is 11.6 Å². The van der Waals surface area contributed by atoms with Crippen molar-refractivity contribution in [3.05, 3.63) is 95.5 Å². The van der Waals surface area contributed by atoms with Crippen molar-refractivity contribution in [1.29, 1.82) is 0 Å². The maximum Gasteiger partial charge on any atom is 0.264 e. The number of Topliss-reactive ketones (excluding diaryl/α,β-unsaturated/α-hetero) is 1. The summed E-state index contributed by atoms with van der Waals surface area (Å²) >= 11 is 6.23. The molecule has 1 amide bonds. The van der Waals surface area contributed by atoms with Crippen LogP contribution in [-0.4, -0.2) is 33.8 Å². The summed E-state index contributed by atoms with van der Waals surface area (Å²) in [5.41, 5.74) is 1.25. The van der Waals surface area contributed by atoms with Gasteiger partial charge in [0.15, 0.2) is 5.78 Å². The molecule has 176 valence electrons. The van der Waals surface area contributed by atoms with Gasteiger partial charge in [0.05, 0.1) is 34.8 Å². The molecular weight excluding hydrogens is 476 g/mol. The van der Waals surface area contributed by atoms with Gasteiger partial charge in [-0.1, -0.05) is 29.8 Å². The number of methoxy groups -OCH3 is 1. The van der Waals surface area contributed by atoms with Gasteiger partial charge >= 0.3 is 0 Å². The molecule has 0 bridgehead atoms. The van der Waals surface area contributed by atoms with Crippen LogP contribution in [0, 0.1) is 0 Å². The zero-order valence-corrected chi connectivity index (χ0v) is 20.2. The molecule has 0 saturated carbocycles. The zero-order chi connectivity index (χ0) is 24.9. The van der Waals surface area contributed by atoms with Gasteiger partial charge in [-0.15, -0.1) is 6.58 Å². The van der Waals surface area contributed by atoms with Gasteiger partial charge in [0.25, 0.3) is 15.9 Å². The first-order chi connectivity index (χ1) is 16.2. The molecule has 0 saturated heterocycles. The topological polar surface area (TPSA) is 92.8 Å². The van der Waals surface area contributed by atoms with Crippen LogP contribution in [0.4, 0.5) is 11.4 Å². The molecule has 3 aromatic rings. The number of hydrogen-bond donors (Lipinski definition) is 1. The molecule has 1 N–H and O–H groups in total. The standard InChI is InChI=1S/C25H23ClN2O5S/c1-4-15-28(23-7-5-6-8-24(23)33-3)34(31,32)20-13-14-22(26)21(16-20)25(30)27-19-11-9-18(10-12-19)17(2)29/h4-14,16H,1,15H2,2-3H3,(H,27,30). The predicted octanol–water partition coefficient (Wildman–Crippen LogP) is 5.18. The van der Waals surface area contributed by atoms with Gasteiger partial charge in [0, 0.05) is 11.3 Å². The van der Waals surface area contributed by atoms with Crippen LogP contribution < -0.4 is 14.4 Å². The first-order valence-electron chi connectivity index (χ1n) is 10.2. The Kier molecular flexibility index (Phi) is 7.75. The first-order valence-corrected chi connectivity index (χ1v) is 12.0. The van der Waals surface area contributed by atoms with Crippen molar-refractivity contribution in [1.82, 2.24) is 0 Å². The minimum atomic E-state index is -4.10. The van der Waals surface area contributed by atoms with Crippen LogP contribution in [0.25, 0.3) is 0 Å². The average molecular weight is 499 g/mol. The Morgan fingerprint density at radius 2 is 1.76 bits per heavy atom. The number of ether oxygens (including phenoxy) is 1. The number of halogens is 1. The number of carbonyl (C=O) groups excluding carboxylic acids is 2. The quantitative estimate of drug-likeness (QED) is 0.324. The lowest BCUT2D eigenvalue weighted by atomic mass is 10.1. The first kappa shape index (κ1) is 25.0. The summed E-state index contributed by atoms with van der Waals surface area (Å²) in [5, 5.41) is 2.76. The molecule has 7 nitrogen and oxygen atoms in total. The normalized spacial score (nSPS) is 10.9. The Morgan fingerprint density at radius 1 is 1.09 bits per heavy atom. The molecular formula is C25H23ClN2O5S. The van der Waals surface area contributed by atoms with E-state index in [0.29, 0.717) is 22.7 Å². The Bertz CT molecular complexity index is 1340. The maximum atomic E-state index is 13.6. The van der Waals surface area contributed by atoms with Crippen LogP contribution in [-0.2, 0) is 10.0 Å². The van der Waals surface area contributed by atoms with Crippen molar-refractivity contribution in [3.8, 4) is 5.75 Å². The molecule has 9 heteroatoms. The number of amides is 1. The minimum absolute atomic E-state index is 0.0167. The highest BCUT2D eigenvalue weighted by Crippen LogP contribution is 2.33. The van der Waals surface area contributed by atoms with Crippen LogP contribution in [0.1, 0.15) is 27.6 Å². The Hall–Kier alpha value is -3.62. The summed E-state index contributed by atoms with van der Waals surface area (Å²) in [4.78, 5) is 24.2. The molecule has 0 aliphatic heterocycles. The number of anilines is 2. The third kappa shape index (κ3) is 5.30. The number of carbonyl (C=O) groups is 2. The highest BCUT2D eigenvalue weighted by atomic mass is 35.5. The number of nitrogens with zero attached hydrogens (tertiary/aromatic N) is 1. The summed E-state index contributed by atoms with van der Waals surface area (Å²) < 4.78 is 33.6. The van der Waals surface area contributed by atoms with E-state index in [4.69, 9.17) is 16.3 Å². The Labute approximate surface area is 203 Å². The molecule has 0 heterocycles. The largest absolute Gasteiger partial charge is 0.495 e. The molecule has 3 rings (SSSR count). The van der Waals surface area contributed by atoms with Gasteiger partial charge < -0.3 is 10.1 Å². The van der Waals surface area contributed by atoms with Gasteiger partial charge in [-0.2, -0.15) is 0 Å². The van der Waals surface area contributed by atoms with Crippen LogP contribution in [0.2, 0.25) is 5.02 Å². The van der Waals surface area contributed by atoms with E-state index in [-0.39, 0.29) is 27.8 Å². The highest BCUT2D eigenvalue weighted by molar-refractivity contribution is 7.92. The second-order valence-electron chi connectivity index (χ2n) is 7.23. The van der Waals surface area contributed by atoms with E-state index in [1.54, 1.807) is 48.5 Å². The van der Waals surface area contributed by atoms with Crippen molar-refractivity contribution in [2.45, 2.75) is 11.8 Å². The lowest BCUT2D eigenvalue weighted by Gasteiger charge is -2.25. The fraction of sp³-hybridized carbons (Fsp3) is 0.120. The molecule has 0 aromatic heterocycles. The van der Waals surface area contributed by atoms with Gasteiger partial charge in [0.1, 0.15) is 5.75 Å². The maximum absolute atomic E-state index is 13.6. The molecule has 0 aliphatic rings. The average Bonchev–Trinajstić information content (AvgIpc) is 2.82. The molecule has 34 heavy (non-hydrogen) atoms. The molecule has 0 fully saturated rings. The van der Waals surface area contributed by atoms with Crippen molar-refractivity contribution in [2.75, 3.05) is 23.3 Å². The van der Waals surface area contributed by atoms with Crippen LogP contribution in [0.3, 0.4) is 0 Å². The number of rotatable bonds is 9. The number of hydrogen-bond acceptors (Lipinski definition) is 5. The molecule has 0 atom stereocenters. The molecule has 0 radical (unpaired) electrons. The van der Waals surface area contributed by atoms with E-state index in [0.717, 1.165) is 4.31 Å². The van der Waals surface area contributed by atoms with Crippen molar-refractivity contribution >= 4 is 44.7 Å². The van der Waals surface area contributed by atoms with E-state index < -0.39 is 15.9 Å². The summed E-state index contributed by atoms with van der Waals surface area (Å²) in [6.07, 6.45) is 1.46. The smallest absolute Gasteiger partial charge is 0.264 e. The van der Waals surface area contributed by atoms with Crippen LogP contribution in [0.15, 0.2) is 84.3 Å². The van der Waals surface area contributed by atoms with Gasteiger partial charge in [0.2, 0.25) is 0 Å². The SMILES string of the molecule is C=CCN(c1ccccc1OC)S(=O)(=O)c1ccc(Cl)c(C(=O)Nc2ccc(C(C)=O)cc2)c1. The minimum Gasteiger partial charge on any atom is -0.495 e. The summed E-state index contributed by atoms with van der Waals surface area (Å²) in [7, 11) is -2.65. The van der Waals surface area contributed by atoms with E-state index in [2.05, 4.69) is 11.9 Å². The lowest BCUT2D eigenvalue weighted by molar-refractivity contribution is 0.101. The number of sulfonamides is 1. The molecule has 0 aliphatic carbocycles. The fourth-order valence-electron chi connectivity index (χ4n) is 3.23. The third-order valence-corrected chi connectivity index (χ3v) is 7.07. The Balaban J connectivity index is 1.97. The van der Waals surface area contributed by atoms with Gasteiger partial charge in [-0.05, 0) is 61.5 Å². The second-order valence-corrected chi connectivity index (χ2v) is 9.50. The molecule has 0 unspecified atom stereocenters. The monoisotopic (exact) mass is 498 g/mol. The molecule has 3 aromatic carbocycles. The number of ketones is 1. The fourth-order valence-corrected chi connectivity index (χ4v) is 4.91. The van der Waals surface area contributed by atoms with E-state index >= 15 is 0 Å². The van der Waals surface area contributed by atoms with E-state index in [1.807, 2.05) is 0 Å². The predicted molar refractivity (Wildman–Crippen MR) is 134 cm³/mol. The highest BCUT2D eigenvalue weighted by Gasteiger charge is 2.28. The Morgan fingerprint density at radius 3 is 2.38 bits per heavy atom. The number of para-hydroxylation sites is 2. The van der Waals surface area contributed by atoms with Crippen molar-refractivity contribution in [3.63, 3.8) is 0 Å². The number of nitrogens with one attached hydrogen (secondary N) is 1. The van der Waals surface area contributed by atoms with Gasteiger partial charge in [-0.3, -0.25) is 13.9 Å². The second kappa shape index (κ2) is 10.5. The zero-order valence-electron chi connectivity index (χ0n) is 18.6. The molecule has 0 spiro atoms. The van der Waals surface area contributed by atoms with Gasteiger partial charge in [-0.25, -0.2) is 8.42 Å². The van der Waals surface area contributed by atoms with Crippen molar-refractivity contribution < 1.29 is 22.7 Å². The summed E-state index contributed by atoms with van der Waals surface area (Å²) in [5.74, 6) is -0.322. The summed E-state index contributed by atoms with van der Waals surface area (Å²) in [6, 6.07) is 16.9. The third-order valence-electron chi connectivity index (χ3n) is 4.97. The van der Waals surface area contributed by atoms with Crippen molar-refractivity contribution in [2.24, 2.45) is 0 Å². The lowest BCUT2D eigenvalue weighted by Crippen LogP contribution is -2.31. The van der Waals surface area contributed by atoms with Crippen LogP contribution in [0.5, 0.6) is 5.75 Å². The van der Waals surface area contributed by atoms with E-state index in [9.17, 15) is 18.0 Å². The van der Waals surface area contributed by atoms with E-state index in [1.165, 1.54) is 38.3 Å². The number of benzene rings is 3.